The second kappa shape index (κ2) is 8.36. The highest BCUT2D eigenvalue weighted by molar-refractivity contribution is 5.48. The van der Waals surface area contributed by atoms with Gasteiger partial charge in [0.1, 0.15) is 18.2 Å². The summed E-state index contributed by atoms with van der Waals surface area (Å²) in [4.78, 5) is 9.01. The highest BCUT2D eigenvalue weighted by Crippen LogP contribution is 2.22. The lowest BCUT2D eigenvalue weighted by molar-refractivity contribution is 0.310. The maximum Gasteiger partial charge on any atom is 0.221 e. The van der Waals surface area contributed by atoms with E-state index in [9.17, 15) is 0 Å². The van der Waals surface area contributed by atoms with Crippen LogP contribution in [-0.4, -0.2) is 23.1 Å². The summed E-state index contributed by atoms with van der Waals surface area (Å²) < 4.78 is 5.65. The number of nitrogens with zero attached hydrogens (tertiary/aromatic N) is 2. The lowest BCUT2D eigenvalue weighted by Gasteiger charge is -2.13. The molecule has 104 valence electrons. The SMILES string of the molecule is C#CCCOc1nc(CCC)nc(NCCC)c1C. The topological polar surface area (TPSA) is 47.0 Å². The fourth-order valence-electron chi connectivity index (χ4n) is 1.64. The van der Waals surface area contributed by atoms with Gasteiger partial charge in [-0.2, -0.15) is 4.98 Å². The summed E-state index contributed by atoms with van der Waals surface area (Å²) in [6.45, 7) is 7.60. The van der Waals surface area contributed by atoms with E-state index in [-0.39, 0.29) is 0 Å². The smallest absolute Gasteiger partial charge is 0.221 e. The Balaban J connectivity index is 2.92. The minimum atomic E-state index is 0.493. The van der Waals surface area contributed by atoms with Crippen molar-refractivity contribution >= 4 is 5.82 Å². The summed E-state index contributed by atoms with van der Waals surface area (Å²) in [5.41, 5.74) is 0.949. The van der Waals surface area contributed by atoms with Crippen LogP contribution in [0.25, 0.3) is 0 Å². The molecule has 1 rings (SSSR count). The van der Waals surface area contributed by atoms with Crippen LogP contribution in [0.2, 0.25) is 0 Å². The van der Waals surface area contributed by atoms with E-state index in [0.717, 1.165) is 43.0 Å². The maximum absolute atomic E-state index is 5.65. The molecule has 19 heavy (non-hydrogen) atoms. The van der Waals surface area contributed by atoms with Crippen molar-refractivity contribution in [2.75, 3.05) is 18.5 Å². The summed E-state index contributed by atoms with van der Waals surface area (Å²) >= 11 is 0. The quantitative estimate of drug-likeness (QED) is 0.577. The molecule has 1 aromatic rings. The van der Waals surface area contributed by atoms with Crippen LogP contribution in [0.3, 0.4) is 0 Å². The number of rotatable bonds is 8. The van der Waals surface area contributed by atoms with Crippen molar-refractivity contribution in [3.63, 3.8) is 0 Å². The van der Waals surface area contributed by atoms with E-state index in [1.807, 2.05) is 6.92 Å². The molecule has 0 amide bonds. The van der Waals surface area contributed by atoms with Crippen molar-refractivity contribution in [3.8, 4) is 18.2 Å². The second-order valence-electron chi connectivity index (χ2n) is 4.40. The Hall–Kier alpha value is -1.76. The van der Waals surface area contributed by atoms with E-state index < -0.39 is 0 Å². The molecule has 0 spiro atoms. The number of hydrogen-bond donors (Lipinski definition) is 1. The van der Waals surface area contributed by atoms with Crippen molar-refractivity contribution in [1.82, 2.24) is 9.97 Å². The molecular weight excluding hydrogens is 238 g/mol. The average Bonchev–Trinajstić information content (AvgIpc) is 2.41. The highest BCUT2D eigenvalue weighted by atomic mass is 16.5. The van der Waals surface area contributed by atoms with Crippen molar-refractivity contribution < 1.29 is 4.74 Å². The lowest BCUT2D eigenvalue weighted by atomic mass is 10.2. The van der Waals surface area contributed by atoms with Crippen molar-refractivity contribution in [3.05, 3.63) is 11.4 Å². The third-order valence-corrected chi connectivity index (χ3v) is 2.65. The Morgan fingerprint density at radius 1 is 1.26 bits per heavy atom. The molecule has 0 fully saturated rings. The van der Waals surface area contributed by atoms with Gasteiger partial charge in [0.15, 0.2) is 0 Å². The van der Waals surface area contributed by atoms with Crippen LogP contribution < -0.4 is 10.1 Å². The first kappa shape index (κ1) is 15.3. The van der Waals surface area contributed by atoms with Crippen molar-refractivity contribution in [2.45, 2.75) is 46.5 Å². The molecule has 0 atom stereocenters. The second-order valence-corrected chi connectivity index (χ2v) is 4.40. The number of terminal acetylenes is 1. The molecule has 0 aliphatic rings. The van der Waals surface area contributed by atoms with E-state index in [2.05, 4.69) is 35.1 Å². The molecule has 4 heteroatoms. The number of hydrogen-bond acceptors (Lipinski definition) is 4. The van der Waals surface area contributed by atoms with Gasteiger partial charge in [0.25, 0.3) is 0 Å². The molecule has 0 aliphatic carbocycles. The Labute approximate surface area is 116 Å². The van der Waals surface area contributed by atoms with Gasteiger partial charge in [0.2, 0.25) is 5.88 Å². The largest absolute Gasteiger partial charge is 0.476 e. The van der Waals surface area contributed by atoms with Gasteiger partial charge in [0.05, 0.1) is 5.56 Å². The predicted molar refractivity (Wildman–Crippen MR) is 78.5 cm³/mol. The molecule has 0 radical (unpaired) electrons. The van der Waals surface area contributed by atoms with Crippen LogP contribution in [0.4, 0.5) is 5.82 Å². The maximum atomic E-state index is 5.65. The molecule has 1 N–H and O–H groups in total. The number of ether oxygens (including phenoxy) is 1. The zero-order chi connectivity index (χ0) is 14.1. The fourth-order valence-corrected chi connectivity index (χ4v) is 1.64. The summed E-state index contributed by atoms with van der Waals surface area (Å²) in [6, 6.07) is 0. The minimum Gasteiger partial charge on any atom is -0.476 e. The van der Waals surface area contributed by atoms with Crippen molar-refractivity contribution in [2.24, 2.45) is 0 Å². The van der Waals surface area contributed by atoms with Gasteiger partial charge >= 0.3 is 0 Å². The van der Waals surface area contributed by atoms with E-state index in [1.54, 1.807) is 0 Å². The molecule has 0 bridgehead atoms. The van der Waals surface area contributed by atoms with Gasteiger partial charge in [-0.1, -0.05) is 13.8 Å². The third kappa shape index (κ3) is 4.78. The molecule has 0 saturated carbocycles. The molecule has 0 saturated heterocycles. The van der Waals surface area contributed by atoms with Crippen LogP contribution >= 0.6 is 0 Å². The van der Waals surface area contributed by atoms with Gasteiger partial charge in [-0.3, -0.25) is 0 Å². The average molecular weight is 261 g/mol. The Kier molecular flexibility index (Phi) is 6.73. The zero-order valence-corrected chi connectivity index (χ0v) is 12.1. The van der Waals surface area contributed by atoms with Crippen LogP contribution in [-0.2, 0) is 6.42 Å². The Bertz CT molecular complexity index is 438. The van der Waals surface area contributed by atoms with Gasteiger partial charge in [-0.25, -0.2) is 4.98 Å². The lowest BCUT2D eigenvalue weighted by Crippen LogP contribution is -2.10. The van der Waals surface area contributed by atoms with E-state index in [0.29, 0.717) is 18.9 Å². The predicted octanol–water partition coefficient (Wildman–Crippen LogP) is 2.96. The summed E-state index contributed by atoms with van der Waals surface area (Å²) in [6.07, 6.45) is 8.74. The van der Waals surface area contributed by atoms with E-state index in [1.165, 1.54) is 0 Å². The summed E-state index contributed by atoms with van der Waals surface area (Å²) in [7, 11) is 0. The van der Waals surface area contributed by atoms with E-state index in [4.69, 9.17) is 11.2 Å². The third-order valence-electron chi connectivity index (χ3n) is 2.65. The monoisotopic (exact) mass is 261 g/mol. The number of aryl methyl sites for hydroxylation is 1. The first-order chi connectivity index (χ1) is 9.22. The molecule has 0 unspecified atom stereocenters. The van der Waals surface area contributed by atoms with Gasteiger partial charge in [0, 0.05) is 19.4 Å². The highest BCUT2D eigenvalue weighted by Gasteiger charge is 2.11. The number of nitrogens with one attached hydrogen (secondary N) is 1. The zero-order valence-electron chi connectivity index (χ0n) is 12.1. The van der Waals surface area contributed by atoms with Crippen LogP contribution in [0.5, 0.6) is 5.88 Å². The molecule has 1 heterocycles. The Morgan fingerprint density at radius 2 is 2.05 bits per heavy atom. The van der Waals surface area contributed by atoms with Crippen LogP contribution in [0.15, 0.2) is 0 Å². The standard InChI is InChI=1S/C15H23N3O/c1-5-8-11-19-15-12(4)14(16-10-7-3)17-13(18-15)9-6-2/h1H,6-11H2,2-4H3,(H,16,17,18). The van der Waals surface area contributed by atoms with Gasteiger partial charge < -0.3 is 10.1 Å². The van der Waals surface area contributed by atoms with Crippen LogP contribution in [0, 0.1) is 19.3 Å². The molecule has 0 aliphatic heterocycles. The first-order valence-corrected chi connectivity index (χ1v) is 6.90. The van der Waals surface area contributed by atoms with Gasteiger partial charge in [-0.15, -0.1) is 12.3 Å². The van der Waals surface area contributed by atoms with E-state index >= 15 is 0 Å². The first-order valence-electron chi connectivity index (χ1n) is 6.90. The van der Waals surface area contributed by atoms with Crippen LogP contribution in [0.1, 0.15) is 44.5 Å². The Morgan fingerprint density at radius 3 is 2.68 bits per heavy atom. The molecule has 4 nitrogen and oxygen atoms in total. The van der Waals surface area contributed by atoms with Gasteiger partial charge in [-0.05, 0) is 19.8 Å². The number of anilines is 1. The molecule has 1 aromatic heterocycles. The van der Waals surface area contributed by atoms with Crippen molar-refractivity contribution in [1.29, 1.82) is 0 Å². The molecule has 0 aromatic carbocycles. The number of aromatic nitrogens is 2. The summed E-state index contributed by atoms with van der Waals surface area (Å²) in [5.74, 6) is 4.90. The normalized spacial score (nSPS) is 10.0. The summed E-state index contributed by atoms with van der Waals surface area (Å²) in [5, 5.41) is 3.32. The fraction of sp³-hybridized carbons (Fsp3) is 0.600. The molecular formula is C15H23N3O. The minimum absolute atomic E-state index is 0.493.